The highest BCUT2D eigenvalue weighted by molar-refractivity contribution is 5.88. The molecule has 1 aromatic carbocycles. The molecule has 27 heavy (non-hydrogen) atoms. The SMILES string of the molecule is Cc1c(Cc2ccc3c(n2)=CCCC=3)c2cc(F)ccc2n1CC(=O)N=O. The van der Waals surface area contributed by atoms with Gasteiger partial charge in [-0.15, -0.1) is 4.91 Å². The predicted molar refractivity (Wildman–Crippen MR) is 102 cm³/mol. The van der Waals surface area contributed by atoms with E-state index >= 15 is 0 Å². The van der Waals surface area contributed by atoms with Crippen molar-refractivity contribution >= 4 is 29.0 Å². The van der Waals surface area contributed by atoms with E-state index in [9.17, 15) is 14.1 Å². The Morgan fingerprint density at radius 1 is 1.22 bits per heavy atom. The standard InChI is InChI=1S/C21H18FN3O2/c1-13-17(11-16-8-6-14-4-2-3-5-19(14)23-16)18-10-15(22)7-9-20(18)25(13)12-21(26)24-27/h4-10H,2-3,11-12H2,1H3. The van der Waals surface area contributed by atoms with Crippen LogP contribution in [0, 0.1) is 17.6 Å². The van der Waals surface area contributed by atoms with Crippen LogP contribution < -0.4 is 10.6 Å². The van der Waals surface area contributed by atoms with Gasteiger partial charge in [-0.05, 0) is 54.8 Å². The van der Waals surface area contributed by atoms with Gasteiger partial charge in [0.2, 0.25) is 0 Å². The number of hydrogen-bond acceptors (Lipinski definition) is 3. The lowest BCUT2D eigenvalue weighted by Crippen LogP contribution is -2.30. The molecule has 6 heteroatoms. The molecule has 0 aliphatic heterocycles. The van der Waals surface area contributed by atoms with Gasteiger partial charge in [-0.3, -0.25) is 9.78 Å². The summed E-state index contributed by atoms with van der Waals surface area (Å²) in [5.74, 6) is -1.11. The van der Waals surface area contributed by atoms with Gasteiger partial charge in [0.05, 0.1) is 5.35 Å². The number of carbonyl (C=O) groups excluding carboxylic acids is 1. The average molecular weight is 363 g/mol. The number of nitroso groups, excluding NO2 is 1. The number of rotatable bonds is 4. The molecule has 0 saturated carbocycles. The fraction of sp³-hybridized carbons (Fsp3) is 0.238. The zero-order chi connectivity index (χ0) is 19.0. The van der Waals surface area contributed by atoms with Crippen LogP contribution in [-0.2, 0) is 17.8 Å². The van der Waals surface area contributed by atoms with E-state index in [2.05, 4.69) is 23.4 Å². The Kier molecular flexibility index (Phi) is 4.39. The number of amides is 1. The van der Waals surface area contributed by atoms with Gasteiger partial charge >= 0.3 is 5.91 Å². The quantitative estimate of drug-likeness (QED) is 0.670. The maximum Gasteiger partial charge on any atom is 0.305 e. The molecule has 0 atom stereocenters. The summed E-state index contributed by atoms with van der Waals surface area (Å²) in [4.78, 5) is 26.9. The zero-order valence-corrected chi connectivity index (χ0v) is 14.9. The van der Waals surface area contributed by atoms with Crippen LogP contribution >= 0.6 is 0 Å². The predicted octanol–water partition coefficient (Wildman–Crippen LogP) is 2.72. The van der Waals surface area contributed by atoms with Crippen LogP contribution in [0.1, 0.15) is 29.8 Å². The van der Waals surface area contributed by atoms with E-state index in [1.165, 1.54) is 12.1 Å². The molecule has 2 aromatic heterocycles. The Balaban J connectivity index is 1.84. The van der Waals surface area contributed by atoms with Gasteiger partial charge in [-0.1, -0.05) is 18.2 Å². The van der Waals surface area contributed by atoms with Crippen molar-refractivity contribution in [2.24, 2.45) is 5.18 Å². The summed E-state index contributed by atoms with van der Waals surface area (Å²) in [5.41, 5.74) is 3.29. The van der Waals surface area contributed by atoms with Crippen molar-refractivity contribution in [1.82, 2.24) is 9.55 Å². The van der Waals surface area contributed by atoms with E-state index < -0.39 is 5.91 Å². The first-order chi connectivity index (χ1) is 13.1. The molecule has 0 radical (unpaired) electrons. The summed E-state index contributed by atoms with van der Waals surface area (Å²) in [7, 11) is 0. The smallest absolute Gasteiger partial charge is 0.305 e. The molecule has 0 N–H and O–H groups in total. The third kappa shape index (κ3) is 3.18. The Hall–Kier alpha value is -3.15. The molecule has 0 unspecified atom stereocenters. The Morgan fingerprint density at radius 2 is 2.04 bits per heavy atom. The van der Waals surface area contributed by atoms with Crippen molar-refractivity contribution in [3.8, 4) is 0 Å². The minimum atomic E-state index is -0.761. The lowest BCUT2D eigenvalue weighted by molar-refractivity contribution is -0.118. The molecule has 136 valence electrons. The topological polar surface area (TPSA) is 64.3 Å². The molecule has 0 fully saturated rings. The minimum absolute atomic E-state index is 0.155. The van der Waals surface area contributed by atoms with Crippen LogP contribution in [-0.4, -0.2) is 15.5 Å². The zero-order valence-electron chi connectivity index (χ0n) is 14.9. The number of benzene rings is 1. The van der Waals surface area contributed by atoms with Gasteiger partial charge in [-0.25, -0.2) is 4.39 Å². The number of halogens is 1. The van der Waals surface area contributed by atoms with E-state index in [1.54, 1.807) is 10.6 Å². The molecule has 3 aromatic rings. The van der Waals surface area contributed by atoms with Crippen molar-refractivity contribution in [3.05, 3.63) is 68.6 Å². The van der Waals surface area contributed by atoms with Crippen LogP contribution in [0.5, 0.6) is 0 Å². The molecule has 5 nitrogen and oxygen atoms in total. The van der Waals surface area contributed by atoms with Gasteiger partial charge in [0, 0.05) is 33.9 Å². The third-order valence-electron chi connectivity index (χ3n) is 5.05. The van der Waals surface area contributed by atoms with Crippen LogP contribution in [0.2, 0.25) is 0 Å². The average Bonchev–Trinajstić information content (AvgIpc) is 2.93. The molecular formula is C21H18FN3O2. The van der Waals surface area contributed by atoms with Crippen molar-refractivity contribution < 1.29 is 9.18 Å². The van der Waals surface area contributed by atoms with Gasteiger partial charge in [0.1, 0.15) is 12.4 Å². The lowest BCUT2D eigenvalue weighted by atomic mass is 10.0. The lowest BCUT2D eigenvalue weighted by Gasteiger charge is -2.06. The maximum atomic E-state index is 13.9. The Morgan fingerprint density at radius 3 is 2.85 bits per heavy atom. The summed E-state index contributed by atoms with van der Waals surface area (Å²) in [6.45, 7) is 1.71. The largest absolute Gasteiger partial charge is 0.335 e. The van der Waals surface area contributed by atoms with Crippen molar-refractivity contribution in [2.45, 2.75) is 32.7 Å². The normalized spacial score (nSPS) is 13.0. The van der Waals surface area contributed by atoms with E-state index in [-0.39, 0.29) is 12.4 Å². The van der Waals surface area contributed by atoms with Crippen molar-refractivity contribution in [1.29, 1.82) is 0 Å². The van der Waals surface area contributed by atoms with Gasteiger partial charge < -0.3 is 4.57 Å². The van der Waals surface area contributed by atoms with E-state index in [0.717, 1.165) is 45.7 Å². The first kappa shape index (κ1) is 17.3. The maximum absolute atomic E-state index is 13.9. The van der Waals surface area contributed by atoms with Gasteiger partial charge in [0.25, 0.3) is 0 Å². The van der Waals surface area contributed by atoms with E-state index in [4.69, 9.17) is 4.98 Å². The molecule has 0 bridgehead atoms. The molecule has 2 heterocycles. The highest BCUT2D eigenvalue weighted by atomic mass is 19.1. The first-order valence-corrected chi connectivity index (χ1v) is 8.86. The molecule has 0 saturated heterocycles. The van der Waals surface area contributed by atoms with Crippen LogP contribution in [0.25, 0.3) is 23.1 Å². The fourth-order valence-corrected chi connectivity index (χ4v) is 3.72. The van der Waals surface area contributed by atoms with Crippen molar-refractivity contribution in [3.63, 3.8) is 0 Å². The number of hydrogen-bond donors (Lipinski definition) is 0. The molecule has 4 rings (SSSR count). The number of carbonyl (C=O) groups is 1. The molecular weight excluding hydrogens is 345 g/mol. The number of fused-ring (bicyclic) bond motifs is 2. The monoisotopic (exact) mass is 363 g/mol. The minimum Gasteiger partial charge on any atom is -0.335 e. The van der Waals surface area contributed by atoms with Crippen LogP contribution in [0.4, 0.5) is 4.39 Å². The summed E-state index contributed by atoms with van der Waals surface area (Å²) in [6.07, 6.45) is 6.83. The summed E-state index contributed by atoms with van der Waals surface area (Å²) in [6, 6.07) is 8.48. The highest BCUT2D eigenvalue weighted by Gasteiger charge is 2.18. The third-order valence-corrected chi connectivity index (χ3v) is 5.05. The fourth-order valence-electron chi connectivity index (χ4n) is 3.72. The number of aromatic nitrogens is 2. The van der Waals surface area contributed by atoms with Crippen LogP contribution in [0.15, 0.2) is 35.5 Å². The second-order valence-electron chi connectivity index (χ2n) is 6.74. The summed E-state index contributed by atoms with van der Waals surface area (Å²) >= 11 is 0. The summed E-state index contributed by atoms with van der Waals surface area (Å²) in [5, 5.41) is 5.33. The van der Waals surface area contributed by atoms with Crippen LogP contribution in [0.3, 0.4) is 0 Å². The second kappa shape index (κ2) is 6.87. The van der Waals surface area contributed by atoms with Crippen molar-refractivity contribution in [2.75, 3.05) is 0 Å². The highest BCUT2D eigenvalue weighted by Crippen LogP contribution is 2.28. The molecule has 1 aliphatic carbocycles. The summed E-state index contributed by atoms with van der Waals surface area (Å²) < 4.78 is 15.6. The van der Waals surface area contributed by atoms with Gasteiger partial charge in [0.15, 0.2) is 0 Å². The number of pyridine rings is 1. The molecule has 0 spiro atoms. The second-order valence-corrected chi connectivity index (χ2v) is 6.74. The van der Waals surface area contributed by atoms with Gasteiger partial charge in [-0.2, -0.15) is 0 Å². The molecule has 1 aliphatic rings. The Labute approximate surface area is 154 Å². The van der Waals surface area contributed by atoms with E-state index in [0.29, 0.717) is 11.9 Å². The van der Waals surface area contributed by atoms with E-state index in [1.807, 2.05) is 13.0 Å². The Bertz CT molecular complexity index is 1190. The molecule has 1 amide bonds. The first-order valence-electron chi connectivity index (χ1n) is 8.86. The number of nitrogens with zero attached hydrogens (tertiary/aromatic N) is 3.